The maximum atomic E-state index is 11.4. The van der Waals surface area contributed by atoms with E-state index in [-0.39, 0.29) is 29.9 Å². The number of ether oxygens (including phenoxy) is 1. The van der Waals surface area contributed by atoms with Crippen molar-refractivity contribution in [3.8, 4) is 0 Å². The zero-order valence-corrected chi connectivity index (χ0v) is 11.4. The molecule has 2 N–H and O–H groups in total. The van der Waals surface area contributed by atoms with E-state index < -0.39 is 0 Å². The zero-order chi connectivity index (χ0) is 13.4. The summed E-state index contributed by atoms with van der Waals surface area (Å²) in [7, 11) is 1.37. The van der Waals surface area contributed by atoms with Gasteiger partial charge in [-0.1, -0.05) is 13.8 Å². The van der Waals surface area contributed by atoms with Crippen LogP contribution in [0.3, 0.4) is 0 Å². The molecule has 0 aromatic rings. The van der Waals surface area contributed by atoms with E-state index in [2.05, 4.69) is 10.6 Å². The molecule has 1 amide bonds. The molecule has 0 aromatic heterocycles. The second-order valence-corrected chi connectivity index (χ2v) is 4.67. The summed E-state index contributed by atoms with van der Waals surface area (Å²) in [5.41, 5.74) is 0. The molecule has 0 heterocycles. The molecule has 0 aromatic carbocycles. The second-order valence-electron chi connectivity index (χ2n) is 4.67. The number of hydrogen-bond donors (Lipinski definition) is 2. The van der Waals surface area contributed by atoms with Gasteiger partial charge in [0.2, 0.25) is 5.91 Å². The lowest BCUT2D eigenvalue weighted by Gasteiger charge is -2.19. The molecule has 0 bridgehead atoms. The molecule has 0 saturated heterocycles. The Labute approximate surface area is 103 Å². The number of nitrogens with one attached hydrogen (secondary N) is 2. The van der Waals surface area contributed by atoms with Crippen molar-refractivity contribution in [1.29, 1.82) is 0 Å². The first-order valence-corrected chi connectivity index (χ1v) is 5.99. The van der Waals surface area contributed by atoms with Gasteiger partial charge in [0, 0.05) is 19.0 Å². The van der Waals surface area contributed by atoms with Crippen LogP contribution in [0.4, 0.5) is 0 Å². The third kappa shape index (κ3) is 6.94. The predicted octanol–water partition coefficient (Wildman–Crippen LogP) is 0.688. The van der Waals surface area contributed by atoms with Gasteiger partial charge >= 0.3 is 5.97 Å². The van der Waals surface area contributed by atoms with E-state index in [4.69, 9.17) is 4.74 Å². The Bertz CT molecular complexity index is 252. The molecule has 1 unspecified atom stereocenters. The van der Waals surface area contributed by atoms with Crippen LogP contribution in [-0.4, -0.2) is 37.6 Å². The van der Waals surface area contributed by atoms with E-state index in [1.165, 1.54) is 7.11 Å². The van der Waals surface area contributed by atoms with Crippen LogP contribution in [0.1, 0.15) is 34.1 Å². The molecule has 0 radical (unpaired) electrons. The highest BCUT2D eigenvalue weighted by atomic mass is 16.5. The molecule has 0 rings (SSSR count). The summed E-state index contributed by atoms with van der Waals surface area (Å²) in [6, 6.07) is -0.212. The van der Waals surface area contributed by atoms with Crippen molar-refractivity contribution in [2.75, 3.05) is 13.7 Å². The van der Waals surface area contributed by atoms with E-state index in [1.807, 2.05) is 27.7 Å². The molecule has 17 heavy (non-hydrogen) atoms. The highest BCUT2D eigenvalue weighted by Crippen LogP contribution is 2.03. The average molecular weight is 244 g/mol. The van der Waals surface area contributed by atoms with Crippen LogP contribution in [-0.2, 0) is 14.3 Å². The van der Waals surface area contributed by atoms with Gasteiger partial charge in [0.25, 0.3) is 0 Å². The van der Waals surface area contributed by atoms with Gasteiger partial charge in [0.1, 0.15) is 6.04 Å². The van der Waals surface area contributed by atoms with E-state index in [9.17, 15) is 9.59 Å². The first kappa shape index (κ1) is 15.9. The number of carbonyl (C=O) groups excluding carboxylic acids is 2. The van der Waals surface area contributed by atoms with Gasteiger partial charge in [-0.05, 0) is 19.8 Å². The minimum atomic E-state index is -0.355. The fourth-order valence-electron chi connectivity index (χ4n) is 1.45. The SMILES string of the molecule is COC(=O)C(NCCC(=O)NC(C)C)C(C)C. The molecule has 0 aliphatic carbocycles. The van der Waals surface area contributed by atoms with Crippen LogP contribution in [0.25, 0.3) is 0 Å². The maximum absolute atomic E-state index is 11.4. The molecular formula is C12H24N2O3. The summed E-state index contributed by atoms with van der Waals surface area (Å²) in [5.74, 6) is -0.167. The molecule has 5 nitrogen and oxygen atoms in total. The van der Waals surface area contributed by atoms with Gasteiger partial charge in [-0.3, -0.25) is 9.59 Å². The minimum Gasteiger partial charge on any atom is -0.468 e. The lowest BCUT2D eigenvalue weighted by molar-refractivity contribution is -0.144. The molecule has 0 aliphatic heterocycles. The molecular weight excluding hydrogens is 220 g/mol. The fourth-order valence-corrected chi connectivity index (χ4v) is 1.45. The summed E-state index contributed by atoms with van der Waals surface area (Å²) in [5, 5.41) is 5.83. The number of hydrogen-bond acceptors (Lipinski definition) is 4. The van der Waals surface area contributed by atoms with E-state index >= 15 is 0 Å². The zero-order valence-electron chi connectivity index (χ0n) is 11.4. The summed E-state index contributed by atoms with van der Waals surface area (Å²) >= 11 is 0. The van der Waals surface area contributed by atoms with Gasteiger partial charge in [-0.25, -0.2) is 0 Å². The van der Waals surface area contributed by atoms with Crippen molar-refractivity contribution < 1.29 is 14.3 Å². The van der Waals surface area contributed by atoms with E-state index in [0.29, 0.717) is 13.0 Å². The van der Waals surface area contributed by atoms with Crippen LogP contribution in [0.2, 0.25) is 0 Å². The average Bonchev–Trinajstić information content (AvgIpc) is 2.21. The van der Waals surface area contributed by atoms with Crippen LogP contribution < -0.4 is 10.6 Å². The Morgan fingerprint density at radius 1 is 1.18 bits per heavy atom. The number of amides is 1. The molecule has 100 valence electrons. The van der Waals surface area contributed by atoms with Gasteiger partial charge in [-0.2, -0.15) is 0 Å². The lowest BCUT2D eigenvalue weighted by Crippen LogP contribution is -2.43. The highest BCUT2D eigenvalue weighted by molar-refractivity contribution is 5.77. The Morgan fingerprint density at radius 3 is 2.18 bits per heavy atom. The smallest absolute Gasteiger partial charge is 0.323 e. The fraction of sp³-hybridized carbons (Fsp3) is 0.833. The number of methoxy groups -OCH3 is 1. The minimum absolute atomic E-state index is 0.0140. The van der Waals surface area contributed by atoms with Crippen molar-refractivity contribution in [1.82, 2.24) is 10.6 Å². The van der Waals surface area contributed by atoms with Gasteiger partial charge in [0.15, 0.2) is 0 Å². The quantitative estimate of drug-likeness (QED) is 0.647. The van der Waals surface area contributed by atoms with Crippen molar-refractivity contribution in [2.24, 2.45) is 5.92 Å². The summed E-state index contributed by atoms with van der Waals surface area (Å²) in [6.07, 6.45) is 0.360. The summed E-state index contributed by atoms with van der Waals surface area (Å²) in [4.78, 5) is 22.8. The van der Waals surface area contributed by atoms with Crippen molar-refractivity contribution in [3.05, 3.63) is 0 Å². The largest absolute Gasteiger partial charge is 0.468 e. The normalized spacial score (nSPS) is 12.6. The molecule has 0 saturated carbocycles. The molecule has 1 atom stereocenters. The molecule has 0 fully saturated rings. The Balaban J connectivity index is 3.98. The van der Waals surface area contributed by atoms with Crippen molar-refractivity contribution in [3.63, 3.8) is 0 Å². The van der Waals surface area contributed by atoms with Crippen LogP contribution in [0.15, 0.2) is 0 Å². The van der Waals surface area contributed by atoms with Gasteiger partial charge in [0.05, 0.1) is 7.11 Å². The van der Waals surface area contributed by atoms with E-state index in [0.717, 1.165) is 0 Å². The van der Waals surface area contributed by atoms with Crippen molar-refractivity contribution in [2.45, 2.75) is 46.2 Å². The van der Waals surface area contributed by atoms with Gasteiger partial charge in [-0.15, -0.1) is 0 Å². The lowest BCUT2D eigenvalue weighted by atomic mass is 10.0. The van der Waals surface area contributed by atoms with Crippen molar-refractivity contribution >= 4 is 11.9 Å². The molecule has 0 spiro atoms. The first-order chi connectivity index (χ1) is 7.88. The highest BCUT2D eigenvalue weighted by Gasteiger charge is 2.22. The third-order valence-electron chi connectivity index (χ3n) is 2.29. The van der Waals surface area contributed by atoms with Crippen LogP contribution >= 0.6 is 0 Å². The summed E-state index contributed by atoms with van der Waals surface area (Å²) < 4.78 is 4.69. The second kappa shape index (κ2) is 8.06. The molecule has 5 heteroatoms. The van der Waals surface area contributed by atoms with E-state index in [1.54, 1.807) is 0 Å². The maximum Gasteiger partial charge on any atom is 0.323 e. The Hall–Kier alpha value is -1.10. The standard InChI is InChI=1S/C12H24N2O3/c1-8(2)11(12(16)17-5)13-7-6-10(15)14-9(3)4/h8-9,11,13H,6-7H2,1-5H3,(H,14,15). The number of esters is 1. The Kier molecular flexibility index (Phi) is 7.54. The van der Waals surface area contributed by atoms with Gasteiger partial charge < -0.3 is 15.4 Å². The molecule has 0 aliphatic rings. The van der Waals surface area contributed by atoms with Crippen LogP contribution in [0, 0.1) is 5.92 Å². The van der Waals surface area contributed by atoms with Crippen LogP contribution in [0.5, 0.6) is 0 Å². The number of carbonyl (C=O) groups is 2. The Morgan fingerprint density at radius 2 is 1.76 bits per heavy atom. The third-order valence-corrected chi connectivity index (χ3v) is 2.29. The predicted molar refractivity (Wildman–Crippen MR) is 66.5 cm³/mol. The first-order valence-electron chi connectivity index (χ1n) is 5.99. The number of rotatable bonds is 7. The summed E-state index contributed by atoms with van der Waals surface area (Å²) in [6.45, 7) is 8.16. The monoisotopic (exact) mass is 244 g/mol. The topological polar surface area (TPSA) is 67.4 Å².